The van der Waals surface area contributed by atoms with Crippen molar-refractivity contribution in [1.29, 1.82) is 0 Å². The normalized spacial score (nSPS) is 10.0. The number of nitrogen functional groups attached to an aromatic ring is 2. The van der Waals surface area contributed by atoms with Crippen LogP contribution in [0.2, 0.25) is 0 Å². The van der Waals surface area contributed by atoms with Crippen LogP contribution in [0.5, 0.6) is 11.5 Å². The lowest BCUT2D eigenvalue weighted by Crippen LogP contribution is -2.19. The second-order valence-electron chi connectivity index (χ2n) is 4.13. The minimum atomic E-state index is -0.529. The maximum Gasteiger partial charge on any atom is 0.323 e. The van der Waals surface area contributed by atoms with Crippen LogP contribution in [-0.2, 0) is 0 Å². The molecule has 0 aliphatic carbocycles. The van der Waals surface area contributed by atoms with Crippen LogP contribution < -0.4 is 22.1 Å². The van der Waals surface area contributed by atoms with Crippen molar-refractivity contribution < 1.29 is 15.0 Å². The molecule has 7 nitrogen and oxygen atoms in total. The van der Waals surface area contributed by atoms with Crippen LogP contribution in [0, 0.1) is 0 Å². The summed E-state index contributed by atoms with van der Waals surface area (Å²) in [6, 6.07) is 8.17. The van der Waals surface area contributed by atoms with Gasteiger partial charge in [0, 0.05) is 23.5 Å². The molecule has 104 valence electrons. The van der Waals surface area contributed by atoms with Gasteiger partial charge < -0.3 is 32.3 Å². The van der Waals surface area contributed by atoms with Gasteiger partial charge in [0.2, 0.25) is 0 Å². The third kappa shape index (κ3) is 3.02. The Morgan fingerprint density at radius 3 is 1.60 bits per heavy atom. The van der Waals surface area contributed by atoms with E-state index in [4.69, 9.17) is 11.5 Å². The summed E-state index contributed by atoms with van der Waals surface area (Å²) < 4.78 is 0. The number of rotatable bonds is 2. The van der Waals surface area contributed by atoms with E-state index < -0.39 is 6.03 Å². The number of nitrogens with one attached hydrogen (secondary N) is 2. The van der Waals surface area contributed by atoms with E-state index in [0.29, 0.717) is 11.4 Å². The molecule has 20 heavy (non-hydrogen) atoms. The monoisotopic (exact) mass is 274 g/mol. The van der Waals surface area contributed by atoms with Crippen molar-refractivity contribution in [3.63, 3.8) is 0 Å². The van der Waals surface area contributed by atoms with Gasteiger partial charge in [0.15, 0.2) is 0 Å². The lowest BCUT2D eigenvalue weighted by molar-refractivity contribution is 0.262. The topological polar surface area (TPSA) is 134 Å². The number of amides is 2. The van der Waals surface area contributed by atoms with Crippen LogP contribution in [-0.4, -0.2) is 16.2 Å². The lowest BCUT2D eigenvalue weighted by atomic mass is 10.2. The van der Waals surface area contributed by atoms with E-state index in [1.165, 1.54) is 24.3 Å². The molecule has 0 saturated carbocycles. The Morgan fingerprint density at radius 1 is 0.850 bits per heavy atom. The maximum absolute atomic E-state index is 11.7. The van der Waals surface area contributed by atoms with Crippen molar-refractivity contribution in [1.82, 2.24) is 0 Å². The molecular weight excluding hydrogens is 260 g/mol. The summed E-state index contributed by atoms with van der Waals surface area (Å²) in [5.41, 5.74) is 12.1. The third-order valence-electron chi connectivity index (χ3n) is 2.58. The van der Waals surface area contributed by atoms with E-state index in [1.807, 2.05) is 0 Å². The first-order valence-electron chi connectivity index (χ1n) is 5.70. The molecule has 0 spiro atoms. The molecule has 0 heterocycles. The van der Waals surface area contributed by atoms with Gasteiger partial charge in [-0.1, -0.05) is 0 Å². The molecule has 0 radical (unpaired) electrons. The zero-order chi connectivity index (χ0) is 14.7. The maximum atomic E-state index is 11.7. The SMILES string of the molecule is Nc1ccc(NC(=O)Nc2ccc(N)c(O)c2)cc1O. The van der Waals surface area contributed by atoms with Gasteiger partial charge in [-0.3, -0.25) is 0 Å². The Balaban J connectivity index is 2.04. The molecule has 0 unspecified atom stereocenters. The summed E-state index contributed by atoms with van der Waals surface area (Å²) in [6.45, 7) is 0. The first kappa shape index (κ1) is 13.3. The minimum absolute atomic E-state index is 0.118. The number of hydrogen-bond acceptors (Lipinski definition) is 5. The number of benzene rings is 2. The molecule has 2 aromatic rings. The smallest absolute Gasteiger partial charge is 0.323 e. The molecule has 0 aliphatic rings. The van der Waals surface area contributed by atoms with Gasteiger partial charge in [0.25, 0.3) is 0 Å². The summed E-state index contributed by atoms with van der Waals surface area (Å²) in [7, 11) is 0. The van der Waals surface area contributed by atoms with Gasteiger partial charge >= 0.3 is 6.03 Å². The van der Waals surface area contributed by atoms with Gasteiger partial charge in [0.05, 0.1) is 11.4 Å². The predicted octanol–water partition coefficient (Wildman–Crippen LogP) is 1.91. The average Bonchev–Trinajstić information content (AvgIpc) is 2.38. The quantitative estimate of drug-likeness (QED) is 0.367. The van der Waals surface area contributed by atoms with Crippen LogP contribution in [0.25, 0.3) is 0 Å². The Morgan fingerprint density at radius 2 is 1.25 bits per heavy atom. The number of aromatic hydroxyl groups is 2. The second kappa shape index (κ2) is 5.27. The first-order chi connectivity index (χ1) is 9.45. The highest BCUT2D eigenvalue weighted by Crippen LogP contribution is 2.25. The van der Waals surface area contributed by atoms with Crippen LogP contribution in [0.3, 0.4) is 0 Å². The fourth-order valence-corrected chi connectivity index (χ4v) is 1.54. The number of carbonyl (C=O) groups is 1. The average molecular weight is 274 g/mol. The van der Waals surface area contributed by atoms with Gasteiger partial charge in [-0.15, -0.1) is 0 Å². The van der Waals surface area contributed by atoms with Crippen molar-refractivity contribution in [2.24, 2.45) is 0 Å². The highest BCUT2D eigenvalue weighted by molar-refractivity contribution is 6.00. The zero-order valence-corrected chi connectivity index (χ0v) is 10.4. The lowest BCUT2D eigenvalue weighted by Gasteiger charge is -2.09. The Kier molecular flexibility index (Phi) is 3.52. The summed E-state index contributed by atoms with van der Waals surface area (Å²) >= 11 is 0. The number of nitrogens with two attached hydrogens (primary N) is 2. The van der Waals surface area contributed by atoms with Crippen LogP contribution in [0.1, 0.15) is 0 Å². The molecule has 0 aliphatic heterocycles. The number of urea groups is 1. The van der Waals surface area contributed by atoms with Gasteiger partial charge in [-0.25, -0.2) is 4.79 Å². The number of carbonyl (C=O) groups excluding carboxylic acids is 1. The molecule has 7 heteroatoms. The first-order valence-corrected chi connectivity index (χ1v) is 5.70. The molecule has 0 saturated heterocycles. The Labute approximate surface area is 114 Å². The van der Waals surface area contributed by atoms with Crippen LogP contribution in [0.15, 0.2) is 36.4 Å². The third-order valence-corrected chi connectivity index (χ3v) is 2.58. The second-order valence-corrected chi connectivity index (χ2v) is 4.13. The largest absolute Gasteiger partial charge is 0.506 e. The van der Waals surface area contributed by atoms with E-state index in [-0.39, 0.29) is 22.9 Å². The van der Waals surface area contributed by atoms with Crippen molar-refractivity contribution in [3.8, 4) is 11.5 Å². The summed E-state index contributed by atoms with van der Waals surface area (Å²) in [5, 5.41) is 23.9. The van der Waals surface area contributed by atoms with Gasteiger partial charge in [-0.2, -0.15) is 0 Å². The highest BCUT2D eigenvalue weighted by atomic mass is 16.3. The number of hydrogen-bond donors (Lipinski definition) is 6. The summed E-state index contributed by atoms with van der Waals surface area (Å²) in [6.07, 6.45) is 0. The van der Waals surface area contributed by atoms with E-state index in [9.17, 15) is 15.0 Å². The highest BCUT2D eigenvalue weighted by Gasteiger charge is 2.06. The Bertz CT molecular complexity index is 603. The van der Waals surface area contributed by atoms with E-state index in [0.717, 1.165) is 0 Å². The van der Waals surface area contributed by atoms with Crippen molar-refractivity contribution in [2.45, 2.75) is 0 Å². The minimum Gasteiger partial charge on any atom is -0.506 e. The Hall–Kier alpha value is -3.09. The molecule has 2 amide bonds. The standard InChI is InChI=1S/C13H14N4O3/c14-9-3-1-7(5-11(9)18)16-13(20)17-8-2-4-10(15)12(19)6-8/h1-6,18-19H,14-15H2,(H2,16,17,20). The van der Waals surface area contributed by atoms with Crippen LogP contribution >= 0.6 is 0 Å². The number of anilines is 4. The van der Waals surface area contributed by atoms with Crippen molar-refractivity contribution in [2.75, 3.05) is 22.1 Å². The molecule has 2 rings (SSSR count). The van der Waals surface area contributed by atoms with Crippen molar-refractivity contribution >= 4 is 28.8 Å². The predicted molar refractivity (Wildman–Crippen MR) is 77.7 cm³/mol. The molecular formula is C13H14N4O3. The van der Waals surface area contributed by atoms with E-state index in [2.05, 4.69) is 10.6 Å². The molecule has 0 atom stereocenters. The summed E-state index contributed by atoms with van der Waals surface area (Å²) in [5.74, 6) is -0.235. The fourth-order valence-electron chi connectivity index (χ4n) is 1.54. The van der Waals surface area contributed by atoms with Gasteiger partial charge in [0.1, 0.15) is 11.5 Å². The molecule has 0 bridgehead atoms. The number of phenols is 2. The zero-order valence-electron chi connectivity index (χ0n) is 10.4. The number of phenolic OH excluding ortho intramolecular Hbond substituents is 2. The molecule has 0 fully saturated rings. The van der Waals surface area contributed by atoms with Gasteiger partial charge in [-0.05, 0) is 24.3 Å². The summed E-state index contributed by atoms with van der Waals surface area (Å²) in [4.78, 5) is 11.7. The van der Waals surface area contributed by atoms with Crippen molar-refractivity contribution in [3.05, 3.63) is 36.4 Å². The molecule has 8 N–H and O–H groups in total. The van der Waals surface area contributed by atoms with E-state index >= 15 is 0 Å². The molecule has 0 aromatic heterocycles. The van der Waals surface area contributed by atoms with Crippen LogP contribution in [0.4, 0.5) is 27.5 Å². The fraction of sp³-hybridized carbons (Fsp3) is 0. The van der Waals surface area contributed by atoms with E-state index in [1.54, 1.807) is 12.1 Å². The molecule has 2 aromatic carbocycles.